The number of amides is 1. The van der Waals surface area contributed by atoms with Crippen molar-refractivity contribution in [2.45, 2.75) is 20.3 Å². The number of anilines is 3. The van der Waals surface area contributed by atoms with Gasteiger partial charge in [0, 0.05) is 52.6 Å². The van der Waals surface area contributed by atoms with Gasteiger partial charge in [-0.3, -0.25) is 14.8 Å². The third kappa shape index (κ3) is 4.39. The van der Waals surface area contributed by atoms with Gasteiger partial charge in [0.2, 0.25) is 0 Å². The molecule has 162 valence electrons. The molecule has 4 aromatic rings. The first kappa shape index (κ1) is 20.6. The van der Waals surface area contributed by atoms with Gasteiger partial charge in [-0.1, -0.05) is 30.4 Å². The molecule has 1 amide bonds. The lowest BCUT2D eigenvalue weighted by atomic mass is 10.1. The van der Waals surface area contributed by atoms with Crippen LogP contribution in [0.2, 0.25) is 0 Å². The van der Waals surface area contributed by atoms with Gasteiger partial charge in [0.15, 0.2) is 0 Å². The molecule has 2 N–H and O–H groups in total. The molecule has 33 heavy (non-hydrogen) atoms. The Morgan fingerprint density at radius 3 is 2.70 bits per heavy atom. The van der Waals surface area contributed by atoms with Crippen molar-refractivity contribution in [3.63, 3.8) is 0 Å². The van der Waals surface area contributed by atoms with Gasteiger partial charge in [0.05, 0.1) is 11.4 Å². The lowest BCUT2D eigenvalue weighted by Crippen LogP contribution is -2.12. The molecule has 0 aliphatic heterocycles. The van der Waals surface area contributed by atoms with E-state index in [-0.39, 0.29) is 5.91 Å². The number of hydrogen-bond acceptors (Lipinski definition) is 4. The summed E-state index contributed by atoms with van der Waals surface area (Å²) < 4.78 is 0. The normalized spacial score (nSPS) is 11.8. The number of nitrogens with zero attached hydrogens (tertiary/aromatic N) is 2. The van der Waals surface area contributed by atoms with Gasteiger partial charge in [0.25, 0.3) is 5.91 Å². The largest absolute Gasteiger partial charge is 0.355 e. The van der Waals surface area contributed by atoms with E-state index in [9.17, 15) is 4.79 Å². The number of hydrogen-bond donors (Lipinski definition) is 2. The maximum absolute atomic E-state index is 12.9. The van der Waals surface area contributed by atoms with Gasteiger partial charge in [-0.15, -0.1) is 0 Å². The maximum atomic E-state index is 12.9. The Hall–Kier alpha value is -4.25. The van der Waals surface area contributed by atoms with E-state index in [4.69, 9.17) is 4.98 Å². The summed E-state index contributed by atoms with van der Waals surface area (Å²) in [7, 11) is 0. The minimum atomic E-state index is -0.139. The smallest absolute Gasteiger partial charge is 0.255 e. The molecule has 0 fully saturated rings. The van der Waals surface area contributed by atoms with Crippen molar-refractivity contribution in [1.29, 1.82) is 0 Å². The van der Waals surface area contributed by atoms with Gasteiger partial charge in [0.1, 0.15) is 0 Å². The van der Waals surface area contributed by atoms with Gasteiger partial charge < -0.3 is 10.6 Å². The fraction of sp³-hybridized carbons (Fsp3) is 0.107. The number of benzene rings is 2. The van der Waals surface area contributed by atoms with Crippen molar-refractivity contribution in [3.8, 4) is 11.3 Å². The van der Waals surface area contributed by atoms with Crippen LogP contribution >= 0.6 is 0 Å². The van der Waals surface area contributed by atoms with Crippen molar-refractivity contribution in [3.05, 3.63) is 107 Å². The second-order valence-corrected chi connectivity index (χ2v) is 8.24. The van der Waals surface area contributed by atoms with Crippen LogP contribution in [-0.4, -0.2) is 15.9 Å². The van der Waals surface area contributed by atoms with Crippen LogP contribution < -0.4 is 10.6 Å². The number of pyridine rings is 2. The Kier molecular flexibility index (Phi) is 5.45. The Bertz CT molecular complexity index is 1380. The quantitative estimate of drug-likeness (QED) is 0.387. The number of allylic oxidation sites excluding steroid dienone is 1. The predicted molar refractivity (Wildman–Crippen MR) is 134 cm³/mol. The van der Waals surface area contributed by atoms with Crippen LogP contribution in [0.4, 0.5) is 17.1 Å². The van der Waals surface area contributed by atoms with Crippen LogP contribution in [-0.2, 0) is 6.42 Å². The van der Waals surface area contributed by atoms with E-state index in [1.807, 2.05) is 80.7 Å². The van der Waals surface area contributed by atoms with Gasteiger partial charge >= 0.3 is 0 Å². The third-order valence-corrected chi connectivity index (χ3v) is 5.74. The van der Waals surface area contributed by atoms with Crippen LogP contribution in [0.1, 0.15) is 32.7 Å². The van der Waals surface area contributed by atoms with E-state index in [1.165, 1.54) is 0 Å². The van der Waals surface area contributed by atoms with Crippen molar-refractivity contribution >= 4 is 29.0 Å². The van der Waals surface area contributed by atoms with Crippen LogP contribution in [0.25, 0.3) is 17.3 Å². The molecule has 2 aromatic heterocycles. The second kappa shape index (κ2) is 8.71. The number of carbonyl (C=O) groups excluding carboxylic acids is 1. The van der Waals surface area contributed by atoms with Crippen molar-refractivity contribution < 1.29 is 4.79 Å². The first-order valence-corrected chi connectivity index (χ1v) is 10.9. The fourth-order valence-electron chi connectivity index (χ4n) is 3.97. The van der Waals surface area contributed by atoms with Crippen LogP contribution in [0.3, 0.4) is 0 Å². The van der Waals surface area contributed by atoms with Gasteiger partial charge in [-0.25, -0.2) is 0 Å². The highest BCUT2D eigenvalue weighted by Crippen LogP contribution is 2.33. The standard InChI is InChI=1S/C28H24N4O/c1-18-6-3-8-22(14-18)30-28(33)20-12-11-19(2)25(15-20)32-27-16-26(21-7-5-13-29-17-21)31-24-10-4-9-23(24)27/h3-9,11-17H,10H2,1-2H3,(H,30,33)(H,31,32). The molecule has 5 rings (SSSR count). The molecule has 0 unspecified atom stereocenters. The molecule has 1 aliphatic rings. The molecular formula is C28H24N4O. The Balaban J connectivity index is 1.47. The van der Waals surface area contributed by atoms with Crippen LogP contribution in [0.15, 0.2) is 79.1 Å². The number of carbonyl (C=O) groups is 1. The third-order valence-electron chi connectivity index (χ3n) is 5.74. The molecule has 2 heterocycles. The number of aromatic nitrogens is 2. The average Bonchev–Trinajstić information content (AvgIpc) is 3.30. The Morgan fingerprint density at radius 1 is 0.970 bits per heavy atom. The number of nitrogens with one attached hydrogen (secondary N) is 2. The van der Waals surface area contributed by atoms with Crippen LogP contribution in [0, 0.1) is 13.8 Å². The van der Waals surface area contributed by atoms with Crippen molar-refractivity contribution in [2.24, 2.45) is 0 Å². The summed E-state index contributed by atoms with van der Waals surface area (Å²) in [4.78, 5) is 22.0. The average molecular weight is 433 g/mol. The summed E-state index contributed by atoms with van der Waals surface area (Å²) in [6.45, 7) is 4.04. The molecule has 0 saturated heterocycles. The molecule has 0 atom stereocenters. The highest BCUT2D eigenvalue weighted by molar-refractivity contribution is 6.05. The summed E-state index contributed by atoms with van der Waals surface area (Å²) in [5, 5.41) is 6.55. The molecular weight excluding hydrogens is 408 g/mol. The summed E-state index contributed by atoms with van der Waals surface area (Å²) in [6, 6.07) is 19.5. The lowest BCUT2D eigenvalue weighted by Gasteiger charge is -2.16. The molecule has 0 spiro atoms. The van der Waals surface area contributed by atoms with E-state index >= 15 is 0 Å². The highest BCUT2D eigenvalue weighted by atomic mass is 16.1. The fourth-order valence-corrected chi connectivity index (χ4v) is 3.97. The summed E-state index contributed by atoms with van der Waals surface area (Å²) in [5.41, 5.74) is 9.34. The number of aryl methyl sites for hydroxylation is 2. The van der Waals surface area contributed by atoms with E-state index in [0.29, 0.717) is 5.56 Å². The highest BCUT2D eigenvalue weighted by Gasteiger charge is 2.16. The molecule has 0 radical (unpaired) electrons. The summed E-state index contributed by atoms with van der Waals surface area (Å²) in [5.74, 6) is -0.139. The first-order chi connectivity index (χ1) is 16.1. The molecule has 0 bridgehead atoms. The Morgan fingerprint density at radius 2 is 1.88 bits per heavy atom. The SMILES string of the molecule is Cc1cccc(NC(=O)c2ccc(C)c(Nc3cc(-c4cccnc4)nc4c3C=CC4)c2)c1. The molecule has 5 nitrogen and oxygen atoms in total. The Labute approximate surface area is 193 Å². The molecule has 2 aromatic carbocycles. The van der Waals surface area contributed by atoms with Gasteiger partial charge in [-0.2, -0.15) is 0 Å². The predicted octanol–water partition coefficient (Wildman–Crippen LogP) is 6.33. The van der Waals surface area contributed by atoms with E-state index in [0.717, 1.165) is 57.1 Å². The number of fused-ring (bicyclic) bond motifs is 1. The van der Waals surface area contributed by atoms with E-state index in [2.05, 4.69) is 27.8 Å². The topological polar surface area (TPSA) is 66.9 Å². The van der Waals surface area contributed by atoms with Gasteiger partial charge in [-0.05, 0) is 67.4 Å². The van der Waals surface area contributed by atoms with E-state index < -0.39 is 0 Å². The molecule has 1 aliphatic carbocycles. The zero-order chi connectivity index (χ0) is 22.8. The van der Waals surface area contributed by atoms with Crippen molar-refractivity contribution in [1.82, 2.24) is 9.97 Å². The molecule has 0 saturated carbocycles. The first-order valence-electron chi connectivity index (χ1n) is 10.9. The number of rotatable bonds is 5. The summed E-state index contributed by atoms with van der Waals surface area (Å²) >= 11 is 0. The minimum Gasteiger partial charge on any atom is -0.355 e. The molecule has 5 heteroatoms. The lowest BCUT2D eigenvalue weighted by molar-refractivity contribution is 0.102. The van der Waals surface area contributed by atoms with Crippen molar-refractivity contribution in [2.75, 3.05) is 10.6 Å². The summed E-state index contributed by atoms with van der Waals surface area (Å²) in [6.07, 6.45) is 8.60. The zero-order valence-corrected chi connectivity index (χ0v) is 18.6. The van der Waals surface area contributed by atoms with E-state index in [1.54, 1.807) is 6.20 Å². The monoisotopic (exact) mass is 432 g/mol. The zero-order valence-electron chi connectivity index (χ0n) is 18.6. The van der Waals surface area contributed by atoms with Crippen LogP contribution in [0.5, 0.6) is 0 Å². The maximum Gasteiger partial charge on any atom is 0.255 e. The second-order valence-electron chi connectivity index (χ2n) is 8.24. The minimum absolute atomic E-state index is 0.139.